The van der Waals surface area contributed by atoms with Crippen molar-refractivity contribution in [2.45, 2.75) is 26.7 Å². The summed E-state index contributed by atoms with van der Waals surface area (Å²) in [6, 6.07) is 0. The van der Waals surface area contributed by atoms with Gasteiger partial charge < -0.3 is 0 Å². The van der Waals surface area contributed by atoms with Gasteiger partial charge >= 0.3 is 0 Å². The van der Waals surface area contributed by atoms with Crippen molar-refractivity contribution in [3.8, 4) is 0 Å². The van der Waals surface area contributed by atoms with Crippen molar-refractivity contribution in [2.75, 3.05) is 0 Å². The van der Waals surface area contributed by atoms with Crippen molar-refractivity contribution in [3.05, 3.63) is 25.3 Å². The molecule has 0 heteroatoms. The van der Waals surface area contributed by atoms with E-state index in [2.05, 4.69) is 27.0 Å². The fourth-order valence-corrected chi connectivity index (χ4v) is 0.576. The van der Waals surface area contributed by atoms with Crippen LogP contribution in [0.25, 0.3) is 0 Å². The summed E-state index contributed by atoms with van der Waals surface area (Å²) in [5, 5.41) is 0. The van der Waals surface area contributed by atoms with Gasteiger partial charge in [-0.3, -0.25) is 0 Å². The van der Waals surface area contributed by atoms with E-state index in [-0.39, 0.29) is 5.41 Å². The molecule has 0 spiro atoms. The minimum absolute atomic E-state index is 0.286. The smallest absolute Gasteiger partial charge is 0.0175 e. The second-order valence-electron chi connectivity index (χ2n) is 3.02. The van der Waals surface area contributed by atoms with Crippen molar-refractivity contribution in [1.82, 2.24) is 0 Å². The van der Waals surface area contributed by atoms with Crippen LogP contribution in [-0.4, -0.2) is 0 Å². The molecule has 52 valence electrons. The van der Waals surface area contributed by atoms with E-state index < -0.39 is 0 Å². The molecule has 0 unspecified atom stereocenters. The molecule has 0 aliphatic rings. The third kappa shape index (κ3) is 4.01. The van der Waals surface area contributed by atoms with E-state index in [1.54, 1.807) is 0 Å². The molecule has 0 aromatic heterocycles. The molecule has 0 aliphatic carbocycles. The van der Waals surface area contributed by atoms with Gasteiger partial charge in [-0.15, -0.1) is 13.2 Å². The first-order chi connectivity index (χ1) is 4.12. The van der Waals surface area contributed by atoms with Gasteiger partial charge in [0.15, 0.2) is 0 Å². The Morgan fingerprint density at radius 3 is 2.22 bits per heavy atom. The first-order valence-corrected chi connectivity index (χ1v) is 3.37. The Hall–Kier alpha value is -0.520. The summed E-state index contributed by atoms with van der Waals surface area (Å²) in [5.41, 5.74) is 0.286. The maximum Gasteiger partial charge on any atom is -0.0175 e. The van der Waals surface area contributed by atoms with E-state index in [9.17, 15) is 0 Å². The van der Waals surface area contributed by atoms with Gasteiger partial charge in [0, 0.05) is 0 Å². The Balaban J connectivity index is 3.57. The average Bonchev–Trinajstić information content (AvgIpc) is 1.84. The monoisotopic (exact) mass is 124 g/mol. The summed E-state index contributed by atoms with van der Waals surface area (Å²) in [6.07, 6.45) is 6.18. The lowest BCUT2D eigenvalue weighted by atomic mass is 9.88. The van der Waals surface area contributed by atoms with Gasteiger partial charge in [-0.1, -0.05) is 26.0 Å². The van der Waals surface area contributed by atoms with Crippen LogP contribution < -0.4 is 0 Å². The molecule has 0 aromatic carbocycles. The summed E-state index contributed by atoms with van der Waals surface area (Å²) in [4.78, 5) is 0. The molecular formula is C9H16. The van der Waals surface area contributed by atoms with Gasteiger partial charge in [0.25, 0.3) is 0 Å². The van der Waals surface area contributed by atoms with Crippen LogP contribution in [0.5, 0.6) is 0 Å². The largest absolute Gasteiger partial charge is 0.103 e. The highest BCUT2D eigenvalue weighted by molar-refractivity contribution is 4.88. The maximum absolute atomic E-state index is 3.75. The molecule has 0 rings (SSSR count). The van der Waals surface area contributed by atoms with E-state index in [0.29, 0.717) is 0 Å². The Labute approximate surface area is 58.3 Å². The van der Waals surface area contributed by atoms with Gasteiger partial charge in [0.05, 0.1) is 0 Å². The van der Waals surface area contributed by atoms with Gasteiger partial charge in [0.2, 0.25) is 0 Å². The van der Waals surface area contributed by atoms with Crippen LogP contribution in [0.2, 0.25) is 0 Å². The van der Waals surface area contributed by atoms with Crippen molar-refractivity contribution >= 4 is 0 Å². The molecule has 0 nitrogen and oxygen atoms in total. The Morgan fingerprint density at radius 1 is 1.33 bits per heavy atom. The normalized spacial score (nSPS) is 10.9. The lowest BCUT2D eigenvalue weighted by Gasteiger charge is -2.17. The van der Waals surface area contributed by atoms with Crippen molar-refractivity contribution in [1.29, 1.82) is 0 Å². The fraction of sp³-hybridized carbons (Fsp3) is 0.556. The highest BCUT2D eigenvalue weighted by atomic mass is 14.1. The topological polar surface area (TPSA) is 0 Å². The van der Waals surface area contributed by atoms with Crippen LogP contribution in [-0.2, 0) is 0 Å². The summed E-state index contributed by atoms with van der Waals surface area (Å²) in [6.45, 7) is 11.8. The first kappa shape index (κ1) is 8.48. The Morgan fingerprint density at radius 2 is 1.89 bits per heavy atom. The van der Waals surface area contributed by atoms with Gasteiger partial charge in [-0.2, -0.15) is 0 Å². The van der Waals surface area contributed by atoms with Crippen molar-refractivity contribution in [3.63, 3.8) is 0 Å². The highest BCUT2D eigenvalue weighted by Gasteiger charge is 2.09. The number of hydrogen-bond acceptors (Lipinski definition) is 0. The van der Waals surface area contributed by atoms with E-state index in [1.165, 1.54) is 0 Å². The zero-order chi connectivity index (χ0) is 7.33. The maximum atomic E-state index is 3.75. The molecule has 0 saturated carbocycles. The van der Waals surface area contributed by atoms with Crippen LogP contribution in [0.4, 0.5) is 0 Å². The van der Waals surface area contributed by atoms with Crippen molar-refractivity contribution in [2.24, 2.45) is 5.41 Å². The molecule has 0 fully saturated rings. The van der Waals surface area contributed by atoms with Crippen LogP contribution >= 0.6 is 0 Å². The number of hydrogen-bond donors (Lipinski definition) is 0. The second kappa shape index (κ2) is 3.49. The molecule has 9 heavy (non-hydrogen) atoms. The minimum Gasteiger partial charge on any atom is -0.103 e. The molecule has 0 aliphatic heterocycles. The zero-order valence-electron chi connectivity index (χ0n) is 6.48. The molecule has 0 atom stereocenters. The van der Waals surface area contributed by atoms with Crippen LogP contribution in [0, 0.1) is 5.41 Å². The quantitative estimate of drug-likeness (QED) is 0.505. The van der Waals surface area contributed by atoms with Crippen LogP contribution in [0.3, 0.4) is 0 Å². The third-order valence-corrected chi connectivity index (χ3v) is 1.55. The third-order valence-electron chi connectivity index (χ3n) is 1.55. The van der Waals surface area contributed by atoms with Gasteiger partial charge in [-0.05, 0) is 18.3 Å². The van der Waals surface area contributed by atoms with E-state index in [0.717, 1.165) is 12.8 Å². The molecule has 0 N–H and O–H groups in total. The van der Waals surface area contributed by atoms with Crippen molar-refractivity contribution < 1.29 is 0 Å². The fourth-order valence-electron chi connectivity index (χ4n) is 0.576. The van der Waals surface area contributed by atoms with E-state index >= 15 is 0 Å². The summed E-state index contributed by atoms with van der Waals surface area (Å²) < 4.78 is 0. The second-order valence-corrected chi connectivity index (χ2v) is 3.02. The van der Waals surface area contributed by atoms with Gasteiger partial charge in [-0.25, -0.2) is 0 Å². The first-order valence-electron chi connectivity index (χ1n) is 3.37. The number of rotatable bonds is 4. The Bertz CT molecular complexity index is 98.6. The predicted octanol–water partition coefficient (Wildman–Crippen LogP) is 3.16. The molecule has 0 heterocycles. The summed E-state index contributed by atoms with van der Waals surface area (Å²) >= 11 is 0. The molecule has 0 bridgehead atoms. The molecule has 0 amide bonds. The molecular weight excluding hydrogens is 108 g/mol. The number of allylic oxidation sites excluding steroid dienone is 2. The standard InChI is InChI=1S/C9H16/c1-5-7-8-9(3,4)6-2/h5-6H,1-2,7-8H2,3-4H3. The lowest BCUT2D eigenvalue weighted by molar-refractivity contribution is 0.443. The lowest BCUT2D eigenvalue weighted by Crippen LogP contribution is -2.04. The van der Waals surface area contributed by atoms with Crippen LogP contribution in [0.1, 0.15) is 26.7 Å². The summed E-state index contributed by atoms with van der Waals surface area (Å²) in [5.74, 6) is 0. The van der Waals surface area contributed by atoms with E-state index in [1.807, 2.05) is 12.2 Å². The van der Waals surface area contributed by atoms with Crippen LogP contribution in [0.15, 0.2) is 25.3 Å². The molecule has 0 radical (unpaired) electrons. The van der Waals surface area contributed by atoms with E-state index in [4.69, 9.17) is 0 Å². The van der Waals surface area contributed by atoms with Gasteiger partial charge in [0.1, 0.15) is 0 Å². The zero-order valence-corrected chi connectivity index (χ0v) is 6.48. The summed E-state index contributed by atoms with van der Waals surface area (Å²) in [7, 11) is 0. The average molecular weight is 124 g/mol. The minimum atomic E-state index is 0.286. The molecule has 0 saturated heterocycles. The molecule has 0 aromatic rings. The predicted molar refractivity (Wildman–Crippen MR) is 43.4 cm³/mol. The Kier molecular flexibility index (Phi) is 3.29. The SMILES string of the molecule is C=CCCC(C)(C)C=C. The highest BCUT2D eigenvalue weighted by Crippen LogP contribution is 2.22.